The molecule has 0 radical (unpaired) electrons. The molecule has 4 heteroatoms. The molecular weight excluding hydrogens is 566 g/mol. The van der Waals surface area contributed by atoms with Crippen molar-refractivity contribution >= 4 is 5.91 Å². The van der Waals surface area contributed by atoms with Crippen LogP contribution in [0.3, 0.4) is 0 Å². The van der Waals surface area contributed by atoms with Crippen LogP contribution in [0.1, 0.15) is 232 Å². The van der Waals surface area contributed by atoms with Gasteiger partial charge in [0.25, 0.3) is 0 Å². The first kappa shape index (κ1) is 45.1. The van der Waals surface area contributed by atoms with Crippen molar-refractivity contribution < 1.29 is 15.0 Å². The Kier molecular flexibility index (Phi) is 37.8. The van der Waals surface area contributed by atoms with E-state index < -0.39 is 12.1 Å². The molecule has 0 aliphatic rings. The number of amides is 1. The number of aliphatic hydroxyl groups excluding tert-OH is 2. The predicted molar refractivity (Wildman–Crippen MR) is 202 cm³/mol. The Hall–Kier alpha value is -0.870. The van der Waals surface area contributed by atoms with Crippen LogP contribution < -0.4 is 5.32 Å². The second-order valence-electron chi connectivity index (χ2n) is 14.4. The fraction of sp³-hybridized carbons (Fsp3) is 0.929. The second-order valence-corrected chi connectivity index (χ2v) is 14.4. The molecule has 0 heterocycles. The lowest BCUT2D eigenvalue weighted by molar-refractivity contribution is -0.123. The monoisotopic (exact) mass is 650 g/mol. The zero-order valence-electron chi connectivity index (χ0n) is 31.4. The fourth-order valence-corrected chi connectivity index (χ4v) is 6.53. The maximum absolute atomic E-state index is 12.3. The van der Waals surface area contributed by atoms with E-state index in [0.29, 0.717) is 6.42 Å². The molecule has 0 aromatic heterocycles. The second kappa shape index (κ2) is 38.6. The van der Waals surface area contributed by atoms with Crippen LogP contribution in [0.4, 0.5) is 0 Å². The van der Waals surface area contributed by atoms with E-state index in [1.54, 1.807) is 6.08 Å². The molecule has 0 rings (SSSR count). The minimum atomic E-state index is -0.832. The lowest BCUT2D eigenvalue weighted by Gasteiger charge is -2.20. The summed E-state index contributed by atoms with van der Waals surface area (Å²) in [6.45, 7) is 4.32. The average molecular weight is 650 g/mol. The standard InChI is InChI=1S/C42H83NO3/c1-3-5-7-9-11-13-15-17-18-19-20-21-22-23-24-26-28-30-32-34-36-38-42(46)43-40(39-44)41(45)37-35-33-31-29-27-25-16-14-12-10-8-6-4-2/h35,37,40-41,44-45H,3-34,36,38-39H2,1-2H3,(H,43,46). The van der Waals surface area contributed by atoms with Crippen LogP contribution in [-0.4, -0.2) is 34.9 Å². The van der Waals surface area contributed by atoms with Crippen LogP contribution in [0, 0.1) is 0 Å². The van der Waals surface area contributed by atoms with E-state index in [2.05, 4.69) is 19.2 Å². The van der Waals surface area contributed by atoms with Crippen LogP contribution in [0.15, 0.2) is 12.2 Å². The summed E-state index contributed by atoms with van der Waals surface area (Å²) in [5.41, 5.74) is 0. The van der Waals surface area contributed by atoms with E-state index in [1.165, 1.54) is 186 Å². The van der Waals surface area contributed by atoms with Crippen LogP contribution in [0.25, 0.3) is 0 Å². The zero-order chi connectivity index (χ0) is 33.6. The summed E-state index contributed by atoms with van der Waals surface area (Å²) in [6.07, 6.45) is 47.4. The highest BCUT2D eigenvalue weighted by Crippen LogP contribution is 2.16. The van der Waals surface area contributed by atoms with Crippen molar-refractivity contribution in [1.82, 2.24) is 5.32 Å². The minimum absolute atomic E-state index is 0.0605. The first-order valence-corrected chi connectivity index (χ1v) is 20.9. The molecule has 4 nitrogen and oxygen atoms in total. The molecule has 3 N–H and O–H groups in total. The summed E-state index contributed by atoms with van der Waals surface area (Å²) >= 11 is 0. The van der Waals surface area contributed by atoms with Crippen LogP contribution in [-0.2, 0) is 4.79 Å². The number of carbonyl (C=O) groups excluding carboxylic acids is 1. The highest BCUT2D eigenvalue weighted by molar-refractivity contribution is 5.76. The average Bonchev–Trinajstić information content (AvgIpc) is 3.06. The van der Waals surface area contributed by atoms with Crippen molar-refractivity contribution in [3.8, 4) is 0 Å². The van der Waals surface area contributed by atoms with E-state index in [1.807, 2.05) is 6.08 Å². The zero-order valence-corrected chi connectivity index (χ0v) is 31.4. The molecular formula is C42H83NO3. The van der Waals surface area contributed by atoms with Crippen LogP contribution in [0.2, 0.25) is 0 Å². The summed E-state index contributed by atoms with van der Waals surface area (Å²) in [5, 5.41) is 22.9. The van der Waals surface area contributed by atoms with Crippen molar-refractivity contribution in [2.45, 2.75) is 244 Å². The maximum atomic E-state index is 12.3. The summed E-state index contributed by atoms with van der Waals surface area (Å²) < 4.78 is 0. The molecule has 2 atom stereocenters. The van der Waals surface area contributed by atoms with Gasteiger partial charge in [-0.15, -0.1) is 0 Å². The summed E-state index contributed by atoms with van der Waals surface area (Å²) in [6, 6.07) is -0.615. The van der Waals surface area contributed by atoms with E-state index in [-0.39, 0.29) is 12.5 Å². The summed E-state index contributed by atoms with van der Waals surface area (Å²) in [7, 11) is 0. The van der Waals surface area contributed by atoms with Gasteiger partial charge in [-0.25, -0.2) is 0 Å². The topological polar surface area (TPSA) is 69.6 Å². The molecule has 274 valence electrons. The largest absolute Gasteiger partial charge is 0.394 e. The van der Waals surface area contributed by atoms with Gasteiger partial charge in [0.15, 0.2) is 0 Å². The predicted octanol–water partition coefficient (Wildman–Crippen LogP) is 12.7. The van der Waals surface area contributed by atoms with Crippen LogP contribution in [0.5, 0.6) is 0 Å². The van der Waals surface area contributed by atoms with Crippen molar-refractivity contribution in [1.29, 1.82) is 0 Å². The van der Waals surface area contributed by atoms with Gasteiger partial charge in [0.1, 0.15) is 0 Å². The molecule has 0 saturated carbocycles. The van der Waals surface area contributed by atoms with Gasteiger partial charge in [-0.1, -0.05) is 219 Å². The van der Waals surface area contributed by atoms with Gasteiger partial charge in [-0.3, -0.25) is 4.79 Å². The van der Waals surface area contributed by atoms with Crippen molar-refractivity contribution in [2.75, 3.05) is 6.61 Å². The summed E-state index contributed by atoms with van der Waals surface area (Å²) in [5.74, 6) is -0.0605. The highest BCUT2D eigenvalue weighted by atomic mass is 16.3. The molecule has 0 saturated heterocycles. The van der Waals surface area contributed by atoms with E-state index in [9.17, 15) is 15.0 Å². The van der Waals surface area contributed by atoms with Crippen molar-refractivity contribution in [2.24, 2.45) is 0 Å². The van der Waals surface area contributed by atoms with Crippen LogP contribution >= 0.6 is 0 Å². The highest BCUT2D eigenvalue weighted by Gasteiger charge is 2.17. The van der Waals surface area contributed by atoms with Gasteiger partial charge in [0, 0.05) is 6.42 Å². The molecule has 1 amide bonds. The number of unbranched alkanes of at least 4 members (excludes halogenated alkanes) is 31. The molecule has 46 heavy (non-hydrogen) atoms. The first-order chi connectivity index (χ1) is 22.7. The van der Waals surface area contributed by atoms with Gasteiger partial charge in [0.05, 0.1) is 18.8 Å². The van der Waals surface area contributed by atoms with Gasteiger partial charge >= 0.3 is 0 Å². The Bertz CT molecular complexity index is 622. The molecule has 0 aliphatic carbocycles. The number of hydrogen-bond acceptors (Lipinski definition) is 3. The molecule has 0 spiro atoms. The quantitative estimate of drug-likeness (QED) is 0.0460. The molecule has 0 aromatic rings. The smallest absolute Gasteiger partial charge is 0.220 e. The Labute approximate surface area is 288 Å². The van der Waals surface area contributed by atoms with Crippen molar-refractivity contribution in [3.63, 3.8) is 0 Å². The SMILES string of the molecule is CCCCCCCCCCCCCC=CC(O)C(CO)NC(=O)CCCCCCCCCCCCCCCCCCCCCCC. The Morgan fingerprint density at radius 1 is 0.500 bits per heavy atom. The van der Waals surface area contributed by atoms with Gasteiger partial charge in [-0.2, -0.15) is 0 Å². The molecule has 0 aliphatic heterocycles. The van der Waals surface area contributed by atoms with Gasteiger partial charge in [0.2, 0.25) is 5.91 Å². The number of rotatable bonds is 38. The molecule has 0 aromatic carbocycles. The minimum Gasteiger partial charge on any atom is -0.394 e. The third kappa shape index (κ3) is 34.5. The lowest BCUT2D eigenvalue weighted by atomic mass is 10.0. The Morgan fingerprint density at radius 2 is 0.804 bits per heavy atom. The number of hydrogen-bond donors (Lipinski definition) is 3. The van der Waals surface area contributed by atoms with E-state index in [0.717, 1.165) is 25.7 Å². The van der Waals surface area contributed by atoms with E-state index in [4.69, 9.17) is 0 Å². The van der Waals surface area contributed by atoms with Gasteiger partial charge < -0.3 is 15.5 Å². The molecule has 2 unspecified atom stereocenters. The number of allylic oxidation sites excluding steroid dienone is 1. The number of aliphatic hydroxyl groups is 2. The van der Waals surface area contributed by atoms with Crippen molar-refractivity contribution in [3.05, 3.63) is 12.2 Å². The molecule has 0 bridgehead atoms. The fourth-order valence-electron chi connectivity index (χ4n) is 6.53. The Morgan fingerprint density at radius 3 is 1.13 bits per heavy atom. The normalized spacial score (nSPS) is 13.0. The summed E-state index contributed by atoms with van der Waals surface area (Å²) in [4.78, 5) is 12.3. The first-order valence-electron chi connectivity index (χ1n) is 20.9. The Balaban J connectivity index is 3.51. The number of carbonyl (C=O) groups is 1. The maximum Gasteiger partial charge on any atom is 0.220 e. The van der Waals surface area contributed by atoms with E-state index >= 15 is 0 Å². The number of nitrogens with one attached hydrogen (secondary N) is 1. The van der Waals surface area contributed by atoms with Gasteiger partial charge in [-0.05, 0) is 19.3 Å². The third-order valence-corrected chi connectivity index (χ3v) is 9.77. The third-order valence-electron chi connectivity index (χ3n) is 9.77. The molecule has 0 fully saturated rings. The lowest BCUT2D eigenvalue weighted by Crippen LogP contribution is -2.45.